The molecule has 25 heavy (non-hydrogen) atoms. The second-order valence-electron chi connectivity index (χ2n) is 6.47. The fourth-order valence-electron chi connectivity index (χ4n) is 3.37. The van der Waals surface area contributed by atoms with Gasteiger partial charge in [0.15, 0.2) is 11.5 Å². The molecule has 1 N–H and O–H groups in total. The standard InChI is InChI=1S/C17H21N5O3/c1-11(2)21-6-5-18-17(23)13(21)8-16-19-9-20-22(16)12-3-4-14-15(7-12)25-10-24-14/h3-4,7,9,11,13H,5-6,8,10H2,1-2H3,(H,18,23)/t13-/m0/s1. The third-order valence-corrected chi connectivity index (χ3v) is 4.63. The summed E-state index contributed by atoms with van der Waals surface area (Å²) in [5.74, 6) is 2.20. The van der Waals surface area contributed by atoms with Gasteiger partial charge >= 0.3 is 0 Å². The molecule has 0 bridgehead atoms. The number of piperazine rings is 1. The molecule has 2 aliphatic heterocycles. The number of nitrogens with one attached hydrogen (secondary N) is 1. The molecule has 1 atom stereocenters. The Morgan fingerprint density at radius 2 is 2.16 bits per heavy atom. The van der Waals surface area contributed by atoms with Gasteiger partial charge in [-0.25, -0.2) is 9.67 Å². The van der Waals surface area contributed by atoms with Crippen LogP contribution in [-0.2, 0) is 11.2 Å². The molecular formula is C17H21N5O3. The smallest absolute Gasteiger partial charge is 0.237 e. The van der Waals surface area contributed by atoms with Crippen molar-refractivity contribution < 1.29 is 14.3 Å². The van der Waals surface area contributed by atoms with Gasteiger partial charge in [-0.3, -0.25) is 9.69 Å². The topological polar surface area (TPSA) is 81.5 Å². The van der Waals surface area contributed by atoms with Crippen molar-refractivity contribution in [3.63, 3.8) is 0 Å². The summed E-state index contributed by atoms with van der Waals surface area (Å²) in [6.45, 7) is 5.96. The molecule has 1 aromatic carbocycles. The highest BCUT2D eigenvalue weighted by Crippen LogP contribution is 2.33. The van der Waals surface area contributed by atoms with E-state index in [0.29, 0.717) is 18.7 Å². The number of ether oxygens (including phenoxy) is 2. The van der Waals surface area contributed by atoms with Crippen molar-refractivity contribution in [2.24, 2.45) is 0 Å². The number of aromatic nitrogens is 3. The molecule has 4 rings (SSSR count). The number of benzene rings is 1. The Kier molecular flexibility index (Phi) is 4.04. The number of carbonyl (C=O) groups excluding carboxylic acids is 1. The van der Waals surface area contributed by atoms with Crippen molar-refractivity contribution in [1.82, 2.24) is 25.0 Å². The predicted molar refractivity (Wildman–Crippen MR) is 89.8 cm³/mol. The average molecular weight is 343 g/mol. The van der Waals surface area contributed by atoms with Crippen LogP contribution in [0.5, 0.6) is 11.5 Å². The van der Waals surface area contributed by atoms with Crippen LogP contribution in [0.4, 0.5) is 0 Å². The van der Waals surface area contributed by atoms with Gasteiger partial charge in [0.05, 0.1) is 11.7 Å². The normalized spacial score (nSPS) is 20.1. The molecule has 1 fully saturated rings. The number of hydrogen-bond donors (Lipinski definition) is 1. The van der Waals surface area contributed by atoms with Crippen molar-refractivity contribution in [2.45, 2.75) is 32.4 Å². The molecule has 1 saturated heterocycles. The zero-order valence-corrected chi connectivity index (χ0v) is 14.3. The molecule has 1 aromatic heterocycles. The molecule has 132 valence electrons. The van der Waals surface area contributed by atoms with E-state index in [2.05, 4.69) is 34.1 Å². The summed E-state index contributed by atoms with van der Waals surface area (Å²) in [4.78, 5) is 19.0. The van der Waals surface area contributed by atoms with Crippen molar-refractivity contribution in [1.29, 1.82) is 0 Å². The number of hydrogen-bond acceptors (Lipinski definition) is 6. The Labute approximate surface area is 145 Å². The van der Waals surface area contributed by atoms with Crippen LogP contribution < -0.4 is 14.8 Å². The van der Waals surface area contributed by atoms with E-state index in [-0.39, 0.29) is 24.8 Å². The number of amides is 1. The molecule has 0 aliphatic carbocycles. The van der Waals surface area contributed by atoms with Crippen molar-refractivity contribution >= 4 is 5.91 Å². The van der Waals surface area contributed by atoms with E-state index < -0.39 is 0 Å². The number of rotatable bonds is 4. The van der Waals surface area contributed by atoms with Crippen LogP contribution in [0.25, 0.3) is 5.69 Å². The summed E-state index contributed by atoms with van der Waals surface area (Å²) in [6, 6.07) is 5.69. The molecule has 0 saturated carbocycles. The Morgan fingerprint density at radius 1 is 1.32 bits per heavy atom. The van der Waals surface area contributed by atoms with E-state index in [9.17, 15) is 4.79 Å². The minimum atomic E-state index is -0.245. The Hall–Kier alpha value is -2.61. The Balaban J connectivity index is 1.62. The maximum Gasteiger partial charge on any atom is 0.237 e. The summed E-state index contributed by atoms with van der Waals surface area (Å²) < 4.78 is 12.5. The van der Waals surface area contributed by atoms with E-state index in [1.165, 1.54) is 6.33 Å². The molecule has 3 heterocycles. The third kappa shape index (κ3) is 2.93. The van der Waals surface area contributed by atoms with Crippen LogP contribution in [0.1, 0.15) is 19.7 Å². The van der Waals surface area contributed by atoms with E-state index in [0.717, 1.165) is 23.8 Å². The lowest BCUT2D eigenvalue weighted by Gasteiger charge is -2.37. The zero-order valence-electron chi connectivity index (χ0n) is 14.3. The first-order chi connectivity index (χ1) is 12.1. The number of carbonyl (C=O) groups is 1. The molecule has 8 nitrogen and oxygen atoms in total. The fraction of sp³-hybridized carbons (Fsp3) is 0.471. The van der Waals surface area contributed by atoms with Gasteiger partial charge in [0.1, 0.15) is 12.2 Å². The summed E-state index contributed by atoms with van der Waals surface area (Å²) in [5, 5.41) is 7.28. The number of fused-ring (bicyclic) bond motifs is 1. The molecule has 0 spiro atoms. The van der Waals surface area contributed by atoms with Crippen LogP contribution in [-0.4, -0.2) is 57.5 Å². The molecule has 2 aromatic rings. The lowest BCUT2D eigenvalue weighted by molar-refractivity contribution is -0.130. The molecule has 0 unspecified atom stereocenters. The first-order valence-electron chi connectivity index (χ1n) is 8.46. The van der Waals surface area contributed by atoms with Gasteiger partial charge in [0, 0.05) is 31.6 Å². The summed E-state index contributed by atoms with van der Waals surface area (Å²) in [5.41, 5.74) is 0.837. The van der Waals surface area contributed by atoms with Crippen molar-refractivity contribution in [3.8, 4) is 17.2 Å². The highest BCUT2D eigenvalue weighted by Gasteiger charge is 2.32. The second kappa shape index (κ2) is 6.36. The summed E-state index contributed by atoms with van der Waals surface area (Å²) >= 11 is 0. The Morgan fingerprint density at radius 3 is 3.00 bits per heavy atom. The van der Waals surface area contributed by atoms with Crippen LogP contribution in [0.15, 0.2) is 24.5 Å². The van der Waals surface area contributed by atoms with E-state index >= 15 is 0 Å². The molecule has 2 aliphatic rings. The van der Waals surface area contributed by atoms with Gasteiger partial charge in [-0.1, -0.05) is 0 Å². The quantitative estimate of drug-likeness (QED) is 0.882. The molecule has 8 heteroatoms. The van der Waals surface area contributed by atoms with Gasteiger partial charge in [-0.2, -0.15) is 5.10 Å². The number of nitrogens with zero attached hydrogens (tertiary/aromatic N) is 4. The summed E-state index contributed by atoms with van der Waals surface area (Å²) in [6.07, 6.45) is 2.01. The molecule has 0 radical (unpaired) electrons. The van der Waals surface area contributed by atoms with Crippen molar-refractivity contribution in [3.05, 3.63) is 30.4 Å². The van der Waals surface area contributed by atoms with E-state index in [4.69, 9.17) is 9.47 Å². The SMILES string of the molecule is CC(C)N1CCNC(=O)[C@@H]1Cc1ncnn1-c1ccc2c(c1)OCO2. The van der Waals surface area contributed by atoms with Gasteiger partial charge in [0.25, 0.3) is 0 Å². The van der Waals surface area contributed by atoms with Gasteiger partial charge in [0.2, 0.25) is 12.7 Å². The maximum atomic E-state index is 12.4. The minimum Gasteiger partial charge on any atom is -0.454 e. The largest absolute Gasteiger partial charge is 0.454 e. The van der Waals surface area contributed by atoms with Crippen LogP contribution in [0.2, 0.25) is 0 Å². The maximum absolute atomic E-state index is 12.4. The minimum absolute atomic E-state index is 0.0418. The van der Waals surface area contributed by atoms with E-state index in [1.54, 1.807) is 4.68 Å². The zero-order chi connectivity index (χ0) is 17.4. The summed E-state index contributed by atoms with van der Waals surface area (Å²) in [7, 11) is 0. The third-order valence-electron chi connectivity index (χ3n) is 4.63. The highest BCUT2D eigenvalue weighted by atomic mass is 16.7. The predicted octanol–water partition coefficient (Wildman–Crippen LogP) is 0.747. The first kappa shape index (κ1) is 15.9. The lowest BCUT2D eigenvalue weighted by atomic mass is 10.1. The van der Waals surface area contributed by atoms with Gasteiger partial charge in [-0.15, -0.1) is 0 Å². The fourth-order valence-corrected chi connectivity index (χ4v) is 3.37. The lowest BCUT2D eigenvalue weighted by Crippen LogP contribution is -2.58. The van der Waals surface area contributed by atoms with Crippen LogP contribution in [0, 0.1) is 0 Å². The van der Waals surface area contributed by atoms with Crippen molar-refractivity contribution in [2.75, 3.05) is 19.9 Å². The highest BCUT2D eigenvalue weighted by molar-refractivity contribution is 5.82. The van der Waals surface area contributed by atoms with Crippen LogP contribution in [0.3, 0.4) is 0 Å². The second-order valence-corrected chi connectivity index (χ2v) is 6.47. The van der Waals surface area contributed by atoms with Crippen LogP contribution >= 0.6 is 0 Å². The molecule has 1 amide bonds. The van der Waals surface area contributed by atoms with Gasteiger partial charge in [-0.05, 0) is 26.0 Å². The molecular weight excluding hydrogens is 322 g/mol. The Bertz CT molecular complexity index is 788. The first-order valence-corrected chi connectivity index (χ1v) is 8.46. The van der Waals surface area contributed by atoms with E-state index in [1.807, 2.05) is 18.2 Å². The average Bonchev–Trinajstić information content (AvgIpc) is 3.24. The van der Waals surface area contributed by atoms with Gasteiger partial charge < -0.3 is 14.8 Å². The monoisotopic (exact) mass is 343 g/mol.